The second-order valence-electron chi connectivity index (χ2n) is 12.3. The number of rotatable bonds is 4. The van der Waals surface area contributed by atoms with Crippen molar-refractivity contribution in [1.29, 1.82) is 0 Å². The quantitative estimate of drug-likeness (QED) is 0.208. The summed E-state index contributed by atoms with van der Waals surface area (Å²) in [5.74, 6) is 1.95. The van der Waals surface area contributed by atoms with Gasteiger partial charge in [-0.25, -0.2) is 19.9 Å². The van der Waals surface area contributed by atoms with E-state index in [2.05, 4.69) is 34.9 Å². The third kappa shape index (κ3) is 4.23. The number of hydrogen-bond donors (Lipinski definition) is 0. The summed E-state index contributed by atoms with van der Waals surface area (Å²) in [6.45, 7) is 8.09. The molecule has 1 fully saturated rings. The van der Waals surface area contributed by atoms with Gasteiger partial charge in [0.05, 0.1) is 22.2 Å². The third-order valence-corrected chi connectivity index (χ3v) is 8.92. The van der Waals surface area contributed by atoms with Crippen LogP contribution < -0.4 is 5.72 Å². The van der Waals surface area contributed by atoms with Crippen molar-refractivity contribution in [2.24, 2.45) is 7.05 Å². The third-order valence-electron chi connectivity index (χ3n) is 8.92. The topological polar surface area (TPSA) is 88.1 Å². The number of fused-ring (bicyclic) bond motifs is 4. The van der Waals surface area contributed by atoms with Gasteiger partial charge in [0.25, 0.3) is 0 Å². The van der Waals surface area contributed by atoms with E-state index in [0.717, 1.165) is 55.5 Å². The minimum atomic E-state index is -0.746. The highest BCUT2D eigenvalue weighted by Crippen LogP contribution is 2.37. The number of imidazole rings is 1. The molecule has 8 nitrogen and oxygen atoms in total. The monoisotopic (exact) mass is 579 g/mol. The van der Waals surface area contributed by atoms with Gasteiger partial charge in [-0.05, 0) is 70.2 Å². The maximum absolute atomic E-state index is 6.38. The van der Waals surface area contributed by atoms with Crippen molar-refractivity contribution in [3.8, 4) is 34.2 Å². The summed E-state index contributed by atoms with van der Waals surface area (Å²) in [5.41, 5.74) is 5.62. The van der Waals surface area contributed by atoms with Gasteiger partial charge in [-0.2, -0.15) is 0 Å². The van der Waals surface area contributed by atoms with Crippen molar-refractivity contribution in [3.05, 3.63) is 91.0 Å². The lowest BCUT2D eigenvalue weighted by Gasteiger charge is -2.32. The Balaban J connectivity index is 1.29. The van der Waals surface area contributed by atoms with Gasteiger partial charge in [0.15, 0.2) is 17.4 Å². The van der Waals surface area contributed by atoms with Crippen molar-refractivity contribution in [2.45, 2.75) is 38.9 Å². The number of furan rings is 1. The molecule has 44 heavy (non-hydrogen) atoms. The average Bonchev–Trinajstić information content (AvgIpc) is 3.64. The molecule has 216 valence electrons. The van der Waals surface area contributed by atoms with Gasteiger partial charge in [-0.3, -0.25) is 0 Å². The van der Waals surface area contributed by atoms with Crippen LogP contribution in [0.5, 0.6) is 0 Å². The van der Waals surface area contributed by atoms with Crippen LogP contribution in [0, 0.1) is 0 Å². The smallest absolute Gasteiger partial charge is 0.456 e. The number of aryl methyl sites for hydroxylation is 1. The van der Waals surface area contributed by atoms with Gasteiger partial charge in [-0.15, -0.1) is 0 Å². The fourth-order valence-corrected chi connectivity index (χ4v) is 5.74. The zero-order valence-electron chi connectivity index (χ0n) is 25.2. The van der Waals surface area contributed by atoms with E-state index in [1.165, 1.54) is 0 Å². The normalized spacial score (nSPS) is 16.0. The zero-order chi connectivity index (χ0) is 30.2. The maximum atomic E-state index is 6.38. The largest absolute Gasteiger partial charge is 0.534 e. The van der Waals surface area contributed by atoms with Crippen LogP contribution in [0.3, 0.4) is 0 Å². The number of nitrogens with zero attached hydrogens (tertiary/aromatic N) is 5. The van der Waals surface area contributed by atoms with Gasteiger partial charge in [0.2, 0.25) is 0 Å². The zero-order valence-corrected chi connectivity index (χ0v) is 25.2. The molecule has 4 heterocycles. The second kappa shape index (κ2) is 9.57. The molecule has 0 amide bonds. The fraction of sp³-hybridized carbons (Fsp3) is 0.200. The van der Waals surface area contributed by atoms with E-state index in [0.29, 0.717) is 17.4 Å². The lowest BCUT2D eigenvalue weighted by Crippen LogP contribution is -2.41. The molecular weight excluding hydrogens is 549 g/mol. The second-order valence-corrected chi connectivity index (χ2v) is 12.3. The highest BCUT2D eigenvalue weighted by molar-refractivity contribution is 6.60. The molecule has 0 bridgehead atoms. The van der Waals surface area contributed by atoms with E-state index >= 15 is 0 Å². The average molecular weight is 579 g/mol. The Kier molecular flexibility index (Phi) is 5.82. The van der Waals surface area contributed by atoms with Crippen LogP contribution in [-0.2, 0) is 16.4 Å². The molecule has 8 rings (SSSR count). The summed E-state index contributed by atoms with van der Waals surface area (Å²) in [6, 6.07) is 30.3. The van der Waals surface area contributed by atoms with Gasteiger partial charge in [0, 0.05) is 34.5 Å². The molecule has 1 saturated heterocycles. The SMILES string of the molecule is Cn1c(-c2ccccc2)nc2ccc(-c3nc(B4OC(C)(C)C(C)(C)O4)nc(-c4ccc5oc6ccccc6c5c4)n3)cc21. The van der Waals surface area contributed by atoms with E-state index in [4.69, 9.17) is 33.7 Å². The summed E-state index contributed by atoms with van der Waals surface area (Å²) in [6.07, 6.45) is 0. The van der Waals surface area contributed by atoms with E-state index in [9.17, 15) is 0 Å². The van der Waals surface area contributed by atoms with Crippen LogP contribution in [0.1, 0.15) is 27.7 Å². The molecule has 0 unspecified atom stereocenters. The van der Waals surface area contributed by atoms with Crippen LogP contribution in [0.15, 0.2) is 95.4 Å². The van der Waals surface area contributed by atoms with E-state index in [1.54, 1.807) is 0 Å². The van der Waals surface area contributed by atoms with Crippen LogP contribution in [0.25, 0.3) is 67.1 Å². The minimum absolute atomic E-state index is 0.427. The van der Waals surface area contributed by atoms with Crippen molar-refractivity contribution < 1.29 is 13.7 Å². The summed E-state index contributed by atoms with van der Waals surface area (Å²) in [5, 5.41) is 2.04. The first kappa shape index (κ1) is 26.7. The maximum Gasteiger partial charge on any atom is 0.534 e. The molecule has 0 atom stereocenters. The lowest BCUT2D eigenvalue weighted by atomic mass is 9.89. The van der Waals surface area contributed by atoms with E-state index in [-0.39, 0.29) is 0 Å². The Bertz CT molecular complexity index is 2210. The van der Waals surface area contributed by atoms with Crippen LogP contribution in [0.2, 0.25) is 0 Å². The molecule has 3 aromatic heterocycles. The molecule has 0 spiro atoms. The van der Waals surface area contributed by atoms with Crippen LogP contribution in [-0.4, -0.2) is 42.8 Å². The predicted octanol–water partition coefficient (Wildman–Crippen LogP) is 6.96. The highest BCUT2D eigenvalue weighted by atomic mass is 16.7. The van der Waals surface area contributed by atoms with Gasteiger partial charge >= 0.3 is 7.12 Å². The fourth-order valence-electron chi connectivity index (χ4n) is 5.74. The molecule has 9 heteroatoms. The highest BCUT2D eigenvalue weighted by Gasteiger charge is 2.53. The molecule has 1 aliphatic heterocycles. The summed E-state index contributed by atoms with van der Waals surface area (Å²) in [4.78, 5) is 19.7. The minimum Gasteiger partial charge on any atom is -0.456 e. The summed E-state index contributed by atoms with van der Waals surface area (Å²) in [7, 11) is 1.28. The van der Waals surface area contributed by atoms with Crippen molar-refractivity contribution >= 4 is 45.8 Å². The van der Waals surface area contributed by atoms with Crippen molar-refractivity contribution in [1.82, 2.24) is 24.5 Å². The number of aromatic nitrogens is 5. The molecule has 1 aliphatic rings. The molecule has 0 aliphatic carbocycles. The Morgan fingerprint density at radius 2 is 1.25 bits per heavy atom. The summed E-state index contributed by atoms with van der Waals surface area (Å²) >= 11 is 0. The van der Waals surface area contributed by atoms with Gasteiger partial charge in [0.1, 0.15) is 17.0 Å². The van der Waals surface area contributed by atoms with Crippen LogP contribution >= 0.6 is 0 Å². The van der Waals surface area contributed by atoms with Gasteiger partial charge < -0.3 is 18.3 Å². The first-order chi connectivity index (χ1) is 21.2. The Labute approximate surface area is 254 Å². The number of benzene rings is 4. The van der Waals surface area contributed by atoms with Crippen LogP contribution in [0.4, 0.5) is 0 Å². The molecule has 0 N–H and O–H groups in total. The first-order valence-corrected chi connectivity index (χ1v) is 14.7. The van der Waals surface area contributed by atoms with Gasteiger partial charge in [-0.1, -0.05) is 48.5 Å². The molecule has 0 radical (unpaired) electrons. The first-order valence-electron chi connectivity index (χ1n) is 14.7. The number of hydrogen-bond acceptors (Lipinski definition) is 7. The Morgan fingerprint density at radius 1 is 0.614 bits per heavy atom. The standard InChI is InChI=1S/C35H30BN5O3/c1-34(2)35(3,4)44-36(43-34)33-39-30(22-16-18-29-25(19-22)24-13-9-10-14-28(24)42-29)38-31(40-33)23-15-17-26-27(20-23)41(5)32(37-26)21-11-7-6-8-12-21/h6-20H,1-5H3. The molecule has 0 saturated carbocycles. The summed E-state index contributed by atoms with van der Waals surface area (Å²) < 4.78 is 20.9. The number of para-hydroxylation sites is 1. The molecule has 7 aromatic rings. The van der Waals surface area contributed by atoms with E-state index < -0.39 is 18.3 Å². The lowest BCUT2D eigenvalue weighted by molar-refractivity contribution is 0.00578. The Morgan fingerprint density at radius 3 is 2.00 bits per heavy atom. The molecular formula is C35H30BN5O3. The predicted molar refractivity (Wildman–Crippen MR) is 173 cm³/mol. The van der Waals surface area contributed by atoms with Crippen molar-refractivity contribution in [3.63, 3.8) is 0 Å². The van der Waals surface area contributed by atoms with E-state index in [1.807, 2.05) is 95.4 Å². The molecule has 4 aromatic carbocycles. The van der Waals surface area contributed by atoms with Crippen molar-refractivity contribution in [2.75, 3.05) is 0 Å². The Hall–Kier alpha value is -4.86.